The van der Waals surface area contributed by atoms with Crippen LogP contribution < -0.4 is 19.6 Å². The van der Waals surface area contributed by atoms with E-state index in [9.17, 15) is 14.4 Å². The molecule has 0 bridgehead atoms. The number of hydrogen-bond donors (Lipinski definition) is 0. The molecule has 0 N–H and O–H groups in total. The number of esters is 2. The summed E-state index contributed by atoms with van der Waals surface area (Å²) in [5.74, 6) is -0.340. The molecule has 0 aliphatic carbocycles. The zero-order valence-corrected chi connectivity index (χ0v) is 26.9. The SMILES string of the molecule is CCOC(=O)COc1c(I)cc(/C=c2/sc3n(c2=O)[C@H](c2ccc(C)cc2)C(C(=O)OCC)=C(C)N=3)cc1I. The van der Waals surface area contributed by atoms with Crippen LogP contribution in [0, 0.1) is 14.1 Å². The molecule has 1 aliphatic rings. The van der Waals surface area contributed by atoms with Crippen LogP contribution in [0.25, 0.3) is 6.08 Å². The molecule has 1 aromatic heterocycles. The van der Waals surface area contributed by atoms with Crippen LogP contribution >= 0.6 is 56.5 Å². The topological polar surface area (TPSA) is 96.2 Å². The number of hydrogen-bond acceptors (Lipinski definition) is 8. The number of nitrogens with zero attached hydrogens (tertiary/aromatic N) is 2. The Bertz CT molecular complexity index is 1620. The summed E-state index contributed by atoms with van der Waals surface area (Å²) >= 11 is 5.56. The summed E-state index contributed by atoms with van der Waals surface area (Å²) in [4.78, 5) is 43.7. The molecule has 1 atom stereocenters. The summed E-state index contributed by atoms with van der Waals surface area (Å²) in [5, 5.41) is 0. The van der Waals surface area contributed by atoms with Crippen molar-refractivity contribution >= 4 is 74.5 Å². The number of allylic oxidation sites excluding steroid dienone is 1. The molecule has 0 spiro atoms. The summed E-state index contributed by atoms with van der Waals surface area (Å²) < 4.78 is 19.6. The van der Waals surface area contributed by atoms with E-state index in [1.165, 1.54) is 11.3 Å². The second kappa shape index (κ2) is 12.8. The zero-order chi connectivity index (χ0) is 28.3. The van der Waals surface area contributed by atoms with Crippen molar-refractivity contribution in [2.45, 2.75) is 33.7 Å². The van der Waals surface area contributed by atoms with E-state index in [4.69, 9.17) is 14.2 Å². The third-order valence-electron chi connectivity index (χ3n) is 5.87. The van der Waals surface area contributed by atoms with Crippen LogP contribution in [0.4, 0.5) is 0 Å². The summed E-state index contributed by atoms with van der Waals surface area (Å²) in [6.07, 6.45) is 1.80. The van der Waals surface area contributed by atoms with Gasteiger partial charge < -0.3 is 14.2 Å². The molecule has 0 amide bonds. The van der Waals surface area contributed by atoms with Crippen molar-refractivity contribution in [2.75, 3.05) is 19.8 Å². The van der Waals surface area contributed by atoms with Gasteiger partial charge in [-0.25, -0.2) is 14.6 Å². The average molecular weight is 772 g/mol. The zero-order valence-electron chi connectivity index (χ0n) is 21.7. The minimum absolute atomic E-state index is 0.182. The van der Waals surface area contributed by atoms with E-state index in [2.05, 4.69) is 50.2 Å². The largest absolute Gasteiger partial charge is 0.480 e. The third kappa shape index (κ3) is 6.46. The van der Waals surface area contributed by atoms with Crippen LogP contribution in [0.3, 0.4) is 0 Å². The maximum atomic E-state index is 13.8. The lowest BCUT2D eigenvalue weighted by Crippen LogP contribution is -2.39. The van der Waals surface area contributed by atoms with Gasteiger partial charge in [0, 0.05) is 0 Å². The van der Waals surface area contributed by atoms with Crippen molar-refractivity contribution in [1.29, 1.82) is 0 Å². The molecule has 11 heteroatoms. The predicted octanol–water partition coefficient (Wildman–Crippen LogP) is 4.26. The van der Waals surface area contributed by atoms with Gasteiger partial charge in [-0.15, -0.1) is 0 Å². The number of carbonyl (C=O) groups excluding carboxylic acids is 2. The van der Waals surface area contributed by atoms with Gasteiger partial charge in [0.05, 0.1) is 42.2 Å². The van der Waals surface area contributed by atoms with E-state index in [-0.39, 0.29) is 25.4 Å². The number of aryl methyl sites for hydroxylation is 1. The first-order chi connectivity index (χ1) is 18.6. The molecule has 0 unspecified atom stereocenters. The molecule has 204 valence electrons. The van der Waals surface area contributed by atoms with Gasteiger partial charge in [0.15, 0.2) is 11.4 Å². The molecule has 0 radical (unpaired) electrons. The lowest BCUT2D eigenvalue weighted by Gasteiger charge is -2.24. The normalized spacial score (nSPS) is 15.0. The van der Waals surface area contributed by atoms with Crippen LogP contribution in [0.1, 0.15) is 43.5 Å². The molecule has 2 heterocycles. The fourth-order valence-electron chi connectivity index (χ4n) is 4.14. The Morgan fingerprint density at radius 3 is 2.31 bits per heavy atom. The summed E-state index contributed by atoms with van der Waals surface area (Å²) in [5.41, 5.74) is 3.31. The second-order valence-electron chi connectivity index (χ2n) is 8.62. The van der Waals surface area contributed by atoms with Crippen LogP contribution in [0.2, 0.25) is 0 Å². The van der Waals surface area contributed by atoms with Crippen molar-refractivity contribution in [3.8, 4) is 5.75 Å². The van der Waals surface area contributed by atoms with Gasteiger partial charge in [-0.2, -0.15) is 0 Å². The number of thiazole rings is 1. The van der Waals surface area contributed by atoms with E-state index < -0.39 is 18.0 Å². The maximum absolute atomic E-state index is 13.8. The van der Waals surface area contributed by atoms with E-state index in [1.807, 2.05) is 43.3 Å². The molecule has 0 saturated heterocycles. The number of benzene rings is 2. The van der Waals surface area contributed by atoms with E-state index in [0.29, 0.717) is 26.4 Å². The number of fused-ring (bicyclic) bond motifs is 1. The molecule has 0 fully saturated rings. The van der Waals surface area contributed by atoms with E-state index in [0.717, 1.165) is 23.8 Å². The molecule has 0 saturated carbocycles. The molecule has 1 aliphatic heterocycles. The smallest absolute Gasteiger partial charge is 0.344 e. The summed E-state index contributed by atoms with van der Waals surface area (Å²) in [7, 11) is 0. The highest BCUT2D eigenvalue weighted by molar-refractivity contribution is 14.1. The van der Waals surface area contributed by atoms with Gasteiger partial charge >= 0.3 is 11.9 Å². The fraction of sp³-hybridized carbons (Fsp3) is 0.286. The standard InChI is InChI=1S/C28H26I2N2O6S/c1-5-36-22(33)14-38-25-19(29)11-17(12-20(25)30)13-21-26(34)32-24(18-9-7-15(3)8-10-18)23(27(35)37-6-2)16(4)31-28(32)39-21/h7-13,24H,5-6,14H2,1-4H3/b21-13+/t24-/m1/s1. The molecule has 8 nitrogen and oxygen atoms in total. The van der Waals surface area contributed by atoms with Crippen molar-refractivity contribution < 1.29 is 23.8 Å². The summed E-state index contributed by atoms with van der Waals surface area (Å²) in [6, 6.07) is 10.9. The number of carbonyl (C=O) groups is 2. The number of ether oxygens (including phenoxy) is 3. The van der Waals surface area contributed by atoms with Crippen LogP contribution in [-0.2, 0) is 19.1 Å². The van der Waals surface area contributed by atoms with Gasteiger partial charge in [0.2, 0.25) is 0 Å². The lowest BCUT2D eigenvalue weighted by molar-refractivity contribution is -0.145. The highest BCUT2D eigenvalue weighted by Gasteiger charge is 2.33. The Hall–Kier alpha value is -2.52. The van der Waals surface area contributed by atoms with Crippen molar-refractivity contribution in [3.05, 3.63) is 91.2 Å². The van der Waals surface area contributed by atoms with Crippen LogP contribution in [0.15, 0.2) is 57.5 Å². The minimum Gasteiger partial charge on any atom is -0.480 e. The van der Waals surface area contributed by atoms with Crippen LogP contribution in [-0.4, -0.2) is 36.3 Å². The predicted molar refractivity (Wildman–Crippen MR) is 166 cm³/mol. The molecule has 4 rings (SSSR count). The Kier molecular flexibility index (Phi) is 9.64. The minimum atomic E-state index is -0.651. The van der Waals surface area contributed by atoms with Gasteiger partial charge in [-0.1, -0.05) is 41.2 Å². The number of halogens is 2. The monoisotopic (exact) mass is 772 g/mol. The molecule has 39 heavy (non-hydrogen) atoms. The number of aromatic nitrogens is 1. The highest BCUT2D eigenvalue weighted by atomic mass is 127. The molecule has 2 aromatic carbocycles. The Morgan fingerprint density at radius 1 is 1.05 bits per heavy atom. The first-order valence-electron chi connectivity index (χ1n) is 12.2. The number of rotatable bonds is 8. The fourth-order valence-corrected chi connectivity index (χ4v) is 7.32. The van der Waals surface area contributed by atoms with Gasteiger partial charge in [0.1, 0.15) is 5.75 Å². The van der Waals surface area contributed by atoms with Crippen LogP contribution in [0.5, 0.6) is 5.75 Å². The molecular weight excluding hydrogens is 746 g/mol. The first kappa shape index (κ1) is 29.5. The maximum Gasteiger partial charge on any atom is 0.344 e. The van der Waals surface area contributed by atoms with E-state index >= 15 is 0 Å². The van der Waals surface area contributed by atoms with Crippen molar-refractivity contribution in [2.24, 2.45) is 4.99 Å². The van der Waals surface area contributed by atoms with Gasteiger partial charge in [-0.05, 0) is 102 Å². The second-order valence-corrected chi connectivity index (χ2v) is 12.0. The Labute approximate surface area is 256 Å². The van der Waals surface area contributed by atoms with Gasteiger partial charge in [-0.3, -0.25) is 9.36 Å². The first-order valence-corrected chi connectivity index (χ1v) is 15.2. The molecular formula is C28H26I2N2O6S. The Morgan fingerprint density at radius 2 is 1.69 bits per heavy atom. The third-order valence-corrected chi connectivity index (χ3v) is 8.45. The van der Waals surface area contributed by atoms with Crippen molar-refractivity contribution in [3.63, 3.8) is 0 Å². The Balaban J connectivity index is 1.80. The highest BCUT2D eigenvalue weighted by Crippen LogP contribution is 2.31. The molecule has 3 aromatic rings. The van der Waals surface area contributed by atoms with E-state index in [1.54, 1.807) is 31.4 Å². The van der Waals surface area contributed by atoms with Gasteiger partial charge in [0.25, 0.3) is 5.56 Å². The lowest BCUT2D eigenvalue weighted by atomic mass is 9.95. The quantitative estimate of drug-likeness (QED) is 0.251. The average Bonchev–Trinajstić information content (AvgIpc) is 3.17. The summed E-state index contributed by atoms with van der Waals surface area (Å²) in [6.45, 7) is 7.57. The van der Waals surface area contributed by atoms with Crippen molar-refractivity contribution in [1.82, 2.24) is 4.57 Å².